The summed E-state index contributed by atoms with van der Waals surface area (Å²) in [4.78, 5) is 22.2. The Labute approximate surface area is 98.3 Å². The van der Waals surface area contributed by atoms with Crippen LogP contribution in [-0.4, -0.2) is 14.7 Å². The minimum absolute atomic E-state index is 0. The van der Waals surface area contributed by atoms with Crippen LogP contribution in [0.25, 0.3) is 0 Å². The van der Waals surface area contributed by atoms with E-state index in [0.29, 0.717) is 0 Å². The fourth-order valence-electron chi connectivity index (χ4n) is 0.0106. The Kier molecular flexibility index (Phi) is 13.5. The predicted molar refractivity (Wildman–Crippen MR) is 29.6 cm³/mol. The Morgan fingerprint density at radius 3 is 1.14 bits per heavy atom. The third-order valence-corrected chi connectivity index (χ3v) is 0.793. The van der Waals surface area contributed by atoms with E-state index in [2.05, 4.69) is 14.2 Å². The topological polar surface area (TPSA) is 123 Å². The van der Waals surface area contributed by atoms with E-state index in [1.165, 1.54) is 0 Å². The molecule has 14 heteroatoms. The molecule has 0 radical (unpaired) electrons. The third-order valence-electron chi connectivity index (χ3n) is 0.264. The minimum atomic E-state index is -4.99. The van der Waals surface area contributed by atoms with Crippen molar-refractivity contribution in [3.63, 3.8) is 0 Å². The first kappa shape index (κ1) is 20.4. The molecule has 0 spiro atoms. The minimum Gasteiger partial charge on any atom is -1.00 e. The summed E-state index contributed by atoms with van der Waals surface area (Å²) in [5.41, 5.74) is 0. The van der Waals surface area contributed by atoms with Crippen molar-refractivity contribution in [2.75, 3.05) is 0 Å². The van der Waals surface area contributed by atoms with Crippen molar-refractivity contribution in [3.8, 4) is 0 Å². The van der Waals surface area contributed by atoms with E-state index in [1.54, 1.807) is 0 Å². The second kappa shape index (κ2) is 9.25. The van der Waals surface area contributed by atoms with Crippen LogP contribution in [0, 0.1) is 0 Å². The van der Waals surface area contributed by atoms with Crippen molar-refractivity contribution in [1.29, 1.82) is 0 Å². The summed E-state index contributed by atoms with van der Waals surface area (Å²) in [7, 11) is -9.80. The van der Waals surface area contributed by atoms with E-state index in [-0.39, 0.29) is 31.0 Å². The van der Waals surface area contributed by atoms with Crippen LogP contribution >= 0.6 is 15.6 Å². The normalized spacial score (nSPS) is 11.0. The smallest absolute Gasteiger partial charge is 1.00 e. The summed E-state index contributed by atoms with van der Waals surface area (Å²) in [6.07, 6.45) is 0. The van der Waals surface area contributed by atoms with Crippen molar-refractivity contribution in [2.24, 2.45) is 0 Å². The molecule has 84 valence electrons. The van der Waals surface area contributed by atoms with Gasteiger partial charge in [0.2, 0.25) is 0 Å². The van der Waals surface area contributed by atoms with Gasteiger partial charge in [0.05, 0.1) is 0 Å². The zero-order valence-corrected chi connectivity index (χ0v) is 10.2. The molecule has 0 aromatic carbocycles. The SMILES string of the molecule is O=P(O)(O)OF.O=P(O)(OF)OF.[H-].[Na+]. The van der Waals surface area contributed by atoms with Gasteiger partial charge < -0.3 is 11.2 Å². The zero-order chi connectivity index (χ0) is 11.1. The van der Waals surface area contributed by atoms with Crippen molar-refractivity contribution >= 4 is 15.6 Å². The number of rotatable bonds is 3. The quantitative estimate of drug-likeness (QED) is 0.398. The summed E-state index contributed by atoms with van der Waals surface area (Å²) < 4.78 is 55.7. The first-order valence-corrected chi connectivity index (χ1v) is 5.00. The maximum Gasteiger partial charge on any atom is 1.00 e. The van der Waals surface area contributed by atoms with Gasteiger partial charge in [0.15, 0.2) is 0 Å². The van der Waals surface area contributed by atoms with Crippen LogP contribution in [0.15, 0.2) is 0 Å². The largest absolute Gasteiger partial charge is 1.00 e. The molecule has 0 aliphatic rings. The average Bonchev–Trinajstić information content (AvgIpc) is 2.04. The summed E-state index contributed by atoms with van der Waals surface area (Å²) >= 11 is 0. The van der Waals surface area contributed by atoms with Crippen molar-refractivity contribution in [3.05, 3.63) is 0 Å². The van der Waals surface area contributed by atoms with E-state index in [1.807, 2.05) is 0 Å². The fraction of sp³-hybridized carbons (Fsp3) is 0. The van der Waals surface area contributed by atoms with Gasteiger partial charge in [0, 0.05) is 0 Å². The van der Waals surface area contributed by atoms with E-state index in [9.17, 15) is 18.1 Å². The molecule has 0 saturated carbocycles. The van der Waals surface area contributed by atoms with E-state index in [4.69, 9.17) is 19.2 Å². The number of halogens is 3. The molecule has 0 heterocycles. The Morgan fingerprint density at radius 1 is 0.929 bits per heavy atom. The first-order chi connectivity index (χ1) is 5.68. The number of hydrogen-bond donors (Lipinski definition) is 3. The van der Waals surface area contributed by atoms with Crippen LogP contribution in [-0.2, 0) is 23.3 Å². The number of hydrogen-bond acceptors (Lipinski definition) is 5. The van der Waals surface area contributed by atoms with Gasteiger partial charge in [-0.2, -0.15) is 0 Å². The Morgan fingerprint density at radius 2 is 1.14 bits per heavy atom. The molecule has 0 aromatic heterocycles. The molecule has 0 unspecified atom stereocenters. The summed E-state index contributed by atoms with van der Waals surface area (Å²) in [6.45, 7) is 0. The van der Waals surface area contributed by atoms with Gasteiger partial charge in [-0.25, -0.2) is 9.13 Å². The van der Waals surface area contributed by atoms with Gasteiger partial charge in [-0.3, -0.25) is 4.89 Å². The van der Waals surface area contributed by atoms with Gasteiger partial charge in [0.25, 0.3) is 0 Å². The first-order valence-electron chi connectivity index (χ1n) is 1.98. The molecule has 3 N–H and O–H groups in total. The molecule has 0 saturated heterocycles. The van der Waals surface area contributed by atoms with Crippen molar-refractivity contribution in [1.82, 2.24) is 0 Å². The molecule has 8 nitrogen and oxygen atoms in total. The van der Waals surface area contributed by atoms with Gasteiger partial charge in [-0.15, -0.1) is 0 Å². The second-order valence-electron chi connectivity index (χ2n) is 1.17. The van der Waals surface area contributed by atoms with E-state index in [0.717, 1.165) is 0 Å². The Bertz CT molecular complexity index is 210. The monoisotopic (exact) mass is 274 g/mol. The zero-order valence-electron chi connectivity index (χ0n) is 7.41. The van der Waals surface area contributed by atoms with Gasteiger partial charge in [-0.1, -0.05) is 14.2 Å². The average molecular weight is 274 g/mol. The van der Waals surface area contributed by atoms with E-state index < -0.39 is 15.6 Å². The fourth-order valence-corrected chi connectivity index (χ4v) is 0.0319. The standard InChI is InChI=1S/F2HO4P.FH2O4P.Na.H/c1-5-7(3,4)6-2;1-5-6(2,3)4;;/h(H,3,4);(H2,2,3,4);;/q;;+1;-1. The van der Waals surface area contributed by atoms with Crippen molar-refractivity contribution < 1.29 is 82.6 Å². The predicted octanol–water partition coefficient (Wildman–Crippen LogP) is -2.01. The van der Waals surface area contributed by atoms with Gasteiger partial charge >= 0.3 is 45.2 Å². The molecule has 0 bridgehead atoms. The molecule has 0 aliphatic carbocycles. The molecule has 0 amide bonds. The molecule has 0 aromatic rings. The van der Waals surface area contributed by atoms with Gasteiger partial charge in [0.1, 0.15) is 0 Å². The maximum absolute atomic E-state index is 10.4. The molecule has 0 aliphatic heterocycles. The van der Waals surface area contributed by atoms with Gasteiger partial charge in [-0.05, 0) is 13.6 Å². The summed E-state index contributed by atoms with van der Waals surface area (Å²) in [5.74, 6) is 0. The van der Waals surface area contributed by atoms with Crippen LogP contribution in [0.3, 0.4) is 0 Å². The molecular weight excluding hydrogens is 270 g/mol. The molecule has 0 fully saturated rings. The molecular formula is H4F3NaO8P2. The van der Waals surface area contributed by atoms with E-state index >= 15 is 0 Å². The molecule has 14 heavy (non-hydrogen) atoms. The maximum atomic E-state index is 10.4. The van der Waals surface area contributed by atoms with Crippen LogP contribution in [0.5, 0.6) is 0 Å². The van der Waals surface area contributed by atoms with Crippen LogP contribution < -0.4 is 29.6 Å². The Hall–Kier alpha value is 1.01. The third kappa shape index (κ3) is 18.7. The van der Waals surface area contributed by atoms with Crippen LogP contribution in [0.2, 0.25) is 0 Å². The van der Waals surface area contributed by atoms with Crippen LogP contribution in [0.1, 0.15) is 1.43 Å². The summed E-state index contributed by atoms with van der Waals surface area (Å²) in [6, 6.07) is 0. The Balaban J connectivity index is -0.0000000718. The number of phosphoric acid groups is 2. The van der Waals surface area contributed by atoms with Crippen LogP contribution in [0.4, 0.5) is 13.6 Å². The van der Waals surface area contributed by atoms with Crippen molar-refractivity contribution in [2.45, 2.75) is 0 Å². The molecule has 0 rings (SSSR count). The summed E-state index contributed by atoms with van der Waals surface area (Å²) in [5, 5.41) is 0. The second-order valence-corrected chi connectivity index (χ2v) is 3.50. The molecule has 0 atom stereocenters.